The molecule has 0 atom stereocenters. The van der Waals surface area contributed by atoms with Crippen molar-refractivity contribution in [1.82, 2.24) is 15.1 Å². The average molecular weight is 331 g/mol. The summed E-state index contributed by atoms with van der Waals surface area (Å²) in [6, 6.07) is 9.68. The van der Waals surface area contributed by atoms with E-state index in [4.69, 9.17) is 0 Å². The Labute approximate surface area is 136 Å². The molecule has 7 heteroatoms. The van der Waals surface area contributed by atoms with Gasteiger partial charge in [0.25, 0.3) is 0 Å². The molecule has 2 N–H and O–H groups in total. The first-order chi connectivity index (χ1) is 9.28. The molecular weight excluding hydrogens is 311 g/mol. The SMILES string of the molecule is CNCc1cccc(NC(=O)CCn2cccn2)c1.Cl.Cl. The second kappa shape index (κ2) is 10.2. The summed E-state index contributed by atoms with van der Waals surface area (Å²) < 4.78 is 1.75. The molecule has 0 aliphatic heterocycles. The highest BCUT2D eigenvalue weighted by Crippen LogP contribution is 2.10. The zero-order chi connectivity index (χ0) is 13.5. The van der Waals surface area contributed by atoms with Gasteiger partial charge in [-0.3, -0.25) is 9.48 Å². The van der Waals surface area contributed by atoms with E-state index in [9.17, 15) is 4.79 Å². The topological polar surface area (TPSA) is 58.9 Å². The Morgan fingerprint density at radius 3 is 2.76 bits per heavy atom. The third-order valence-corrected chi connectivity index (χ3v) is 2.72. The van der Waals surface area contributed by atoms with E-state index in [2.05, 4.69) is 15.7 Å². The van der Waals surface area contributed by atoms with E-state index < -0.39 is 0 Å². The average Bonchev–Trinajstić information content (AvgIpc) is 2.90. The summed E-state index contributed by atoms with van der Waals surface area (Å²) in [5.41, 5.74) is 1.98. The van der Waals surface area contributed by atoms with E-state index in [-0.39, 0.29) is 30.7 Å². The second-order valence-electron chi connectivity index (χ2n) is 4.30. The second-order valence-corrected chi connectivity index (χ2v) is 4.30. The van der Waals surface area contributed by atoms with Gasteiger partial charge in [0.15, 0.2) is 0 Å². The zero-order valence-electron chi connectivity index (χ0n) is 11.8. The lowest BCUT2D eigenvalue weighted by Gasteiger charge is -2.07. The van der Waals surface area contributed by atoms with Crippen LogP contribution >= 0.6 is 24.8 Å². The fraction of sp³-hybridized carbons (Fsp3) is 0.286. The molecule has 5 nitrogen and oxygen atoms in total. The van der Waals surface area contributed by atoms with Crippen molar-refractivity contribution in [1.29, 1.82) is 0 Å². The van der Waals surface area contributed by atoms with Gasteiger partial charge in [-0.1, -0.05) is 12.1 Å². The van der Waals surface area contributed by atoms with Crippen LogP contribution in [0.15, 0.2) is 42.7 Å². The van der Waals surface area contributed by atoms with Crippen LogP contribution in [0.2, 0.25) is 0 Å². The summed E-state index contributed by atoms with van der Waals surface area (Å²) in [4.78, 5) is 11.8. The molecule has 0 radical (unpaired) electrons. The fourth-order valence-electron chi connectivity index (χ4n) is 1.84. The summed E-state index contributed by atoms with van der Waals surface area (Å²) in [6.07, 6.45) is 3.97. The maximum atomic E-state index is 11.8. The summed E-state index contributed by atoms with van der Waals surface area (Å²) in [5, 5.41) is 10.0. The highest BCUT2D eigenvalue weighted by molar-refractivity contribution is 5.90. The maximum Gasteiger partial charge on any atom is 0.226 e. The number of benzene rings is 1. The first-order valence-electron chi connectivity index (χ1n) is 6.29. The molecule has 1 heterocycles. The largest absolute Gasteiger partial charge is 0.326 e. The summed E-state index contributed by atoms with van der Waals surface area (Å²) in [7, 11) is 1.90. The Morgan fingerprint density at radius 1 is 1.29 bits per heavy atom. The van der Waals surface area contributed by atoms with Crippen LogP contribution in [0.3, 0.4) is 0 Å². The molecule has 1 aromatic heterocycles. The highest BCUT2D eigenvalue weighted by Gasteiger charge is 2.03. The number of nitrogens with zero attached hydrogens (tertiary/aromatic N) is 2. The lowest BCUT2D eigenvalue weighted by molar-refractivity contribution is -0.116. The van der Waals surface area contributed by atoms with Crippen molar-refractivity contribution in [2.75, 3.05) is 12.4 Å². The van der Waals surface area contributed by atoms with Crippen LogP contribution in [0.25, 0.3) is 0 Å². The van der Waals surface area contributed by atoms with Crippen molar-refractivity contribution in [3.63, 3.8) is 0 Å². The zero-order valence-corrected chi connectivity index (χ0v) is 13.4. The molecule has 1 amide bonds. The standard InChI is InChI=1S/C14H18N4O.2ClH/c1-15-11-12-4-2-5-13(10-12)17-14(19)6-9-18-8-3-7-16-18;;/h2-5,7-8,10,15H,6,9,11H2,1H3,(H,17,19);2*1H. The molecule has 0 spiro atoms. The lowest BCUT2D eigenvalue weighted by atomic mass is 10.2. The van der Waals surface area contributed by atoms with Crippen LogP contribution in [-0.2, 0) is 17.9 Å². The lowest BCUT2D eigenvalue weighted by Crippen LogP contribution is -2.15. The number of anilines is 1. The van der Waals surface area contributed by atoms with E-state index >= 15 is 0 Å². The molecule has 0 aliphatic carbocycles. The molecule has 116 valence electrons. The molecule has 0 unspecified atom stereocenters. The first kappa shape index (κ1) is 19.4. The van der Waals surface area contributed by atoms with Gasteiger partial charge in [0.1, 0.15) is 0 Å². The molecular formula is C14H20Cl2N4O. The quantitative estimate of drug-likeness (QED) is 0.855. The van der Waals surface area contributed by atoms with Gasteiger partial charge in [-0.2, -0.15) is 5.10 Å². The third-order valence-electron chi connectivity index (χ3n) is 2.72. The molecule has 0 fully saturated rings. The van der Waals surface area contributed by atoms with Crippen LogP contribution in [-0.4, -0.2) is 22.7 Å². The fourth-order valence-corrected chi connectivity index (χ4v) is 1.84. The van der Waals surface area contributed by atoms with Crippen molar-refractivity contribution in [3.8, 4) is 0 Å². The van der Waals surface area contributed by atoms with Crippen molar-refractivity contribution in [2.24, 2.45) is 0 Å². The van der Waals surface area contributed by atoms with Crippen molar-refractivity contribution >= 4 is 36.4 Å². The number of aromatic nitrogens is 2. The van der Waals surface area contributed by atoms with Crippen LogP contribution in [0.4, 0.5) is 5.69 Å². The van der Waals surface area contributed by atoms with E-state index in [1.807, 2.05) is 43.6 Å². The summed E-state index contributed by atoms with van der Waals surface area (Å²) in [5.74, 6) is -0.00268. The van der Waals surface area contributed by atoms with Gasteiger partial charge in [-0.15, -0.1) is 24.8 Å². The van der Waals surface area contributed by atoms with Crippen LogP contribution in [0, 0.1) is 0 Å². The van der Waals surface area contributed by atoms with E-state index in [1.165, 1.54) is 0 Å². The molecule has 1 aromatic carbocycles. The highest BCUT2D eigenvalue weighted by atomic mass is 35.5. The maximum absolute atomic E-state index is 11.8. The van der Waals surface area contributed by atoms with Crippen LogP contribution in [0.1, 0.15) is 12.0 Å². The van der Waals surface area contributed by atoms with E-state index in [0.29, 0.717) is 13.0 Å². The van der Waals surface area contributed by atoms with Gasteiger partial charge >= 0.3 is 0 Å². The van der Waals surface area contributed by atoms with Gasteiger partial charge in [0, 0.05) is 37.6 Å². The Hall–Kier alpha value is -1.56. The summed E-state index contributed by atoms with van der Waals surface area (Å²) in [6.45, 7) is 1.38. The normalized spacial score (nSPS) is 9.38. The van der Waals surface area contributed by atoms with E-state index in [1.54, 1.807) is 10.9 Å². The Balaban J connectivity index is 0.00000200. The van der Waals surface area contributed by atoms with Crippen molar-refractivity contribution < 1.29 is 4.79 Å². The predicted octanol–water partition coefficient (Wildman–Crippen LogP) is 2.47. The number of nitrogens with one attached hydrogen (secondary N) is 2. The number of carbonyl (C=O) groups excluding carboxylic acids is 1. The van der Waals surface area contributed by atoms with Crippen molar-refractivity contribution in [2.45, 2.75) is 19.5 Å². The minimum atomic E-state index is -0.00268. The number of hydrogen-bond donors (Lipinski definition) is 2. The van der Waals surface area contributed by atoms with Crippen molar-refractivity contribution in [3.05, 3.63) is 48.3 Å². The third kappa shape index (κ3) is 6.62. The smallest absolute Gasteiger partial charge is 0.226 e. The monoisotopic (exact) mass is 330 g/mol. The molecule has 2 aromatic rings. The number of amides is 1. The number of halogens is 2. The Morgan fingerprint density at radius 2 is 2.10 bits per heavy atom. The van der Waals surface area contributed by atoms with Gasteiger partial charge in [0.2, 0.25) is 5.91 Å². The Bertz CT molecular complexity index is 532. The molecule has 0 saturated heterocycles. The minimum Gasteiger partial charge on any atom is -0.326 e. The Kier molecular flexibility index (Phi) is 9.45. The molecule has 0 aliphatic rings. The minimum absolute atomic E-state index is 0. The van der Waals surface area contributed by atoms with Gasteiger partial charge < -0.3 is 10.6 Å². The molecule has 2 rings (SSSR count). The van der Waals surface area contributed by atoms with Gasteiger partial charge in [-0.05, 0) is 30.8 Å². The number of hydrogen-bond acceptors (Lipinski definition) is 3. The van der Waals surface area contributed by atoms with Gasteiger partial charge in [-0.25, -0.2) is 0 Å². The predicted molar refractivity (Wildman–Crippen MR) is 89.2 cm³/mol. The number of carbonyl (C=O) groups is 1. The number of aryl methyl sites for hydroxylation is 1. The first-order valence-corrected chi connectivity index (χ1v) is 6.29. The molecule has 21 heavy (non-hydrogen) atoms. The van der Waals surface area contributed by atoms with Crippen LogP contribution in [0.5, 0.6) is 0 Å². The van der Waals surface area contributed by atoms with Gasteiger partial charge in [0.05, 0.1) is 0 Å². The molecule has 0 saturated carbocycles. The van der Waals surface area contributed by atoms with Crippen LogP contribution < -0.4 is 10.6 Å². The summed E-state index contributed by atoms with van der Waals surface area (Å²) >= 11 is 0. The molecule has 0 bridgehead atoms. The van der Waals surface area contributed by atoms with E-state index in [0.717, 1.165) is 17.8 Å². The number of rotatable bonds is 6.